The van der Waals surface area contributed by atoms with Gasteiger partial charge in [-0.3, -0.25) is 0 Å². The fraction of sp³-hybridized carbons (Fsp3) is 0.273. The van der Waals surface area contributed by atoms with Crippen LogP contribution in [-0.4, -0.2) is 6.71 Å². The summed E-state index contributed by atoms with van der Waals surface area (Å²) in [5, 5.41) is 4.82. The molecule has 0 spiro atoms. The Hall–Kier alpha value is -5.25. The molecule has 2 atom stereocenters. The minimum atomic E-state index is -0.0849. The zero-order valence-electron chi connectivity index (χ0n) is 36.8. The van der Waals surface area contributed by atoms with E-state index in [0.717, 1.165) is 27.8 Å². The van der Waals surface area contributed by atoms with Crippen LogP contribution in [0.2, 0.25) is 5.02 Å². The molecule has 6 aromatic carbocycles. The maximum Gasteiger partial charge on any atom is 0.249 e. The maximum atomic E-state index is 7.14. The van der Waals surface area contributed by atoms with Gasteiger partial charge >= 0.3 is 0 Å². The number of aryl methyl sites for hydroxylation is 4. The first-order valence-electron chi connectivity index (χ1n) is 21.3. The Morgan fingerprint density at radius 2 is 1.20 bits per heavy atom. The van der Waals surface area contributed by atoms with E-state index >= 15 is 0 Å². The van der Waals surface area contributed by atoms with Crippen molar-refractivity contribution in [2.45, 2.75) is 92.9 Å². The Morgan fingerprint density at radius 3 is 1.92 bits per heavy atom. The molecule has 0 aromatic heterocycles. The molecule has 59 heavy (non-hydrogen) atoms. The van der Waals surface area contributed by atoms with Crippen molar-refractivity contribution in [2.24, 2.45) is 5.92 Å². The second-order valence-corrected chi connectivity index (χ2v) is 19.6. The second-order valence-electron chi connectivity index (χ2n) is 19.2. The summed E-state index contributed by atoms with van der Waals surface area (Å²) in [5.41, 5.74) is 20.7. The predicted molar refractivity (Wildman–Crippen MR) is 259 cm³/mol. The van der Waals surface area contributed by atoms with Crippen LogP contribution in [0.4, 0.5) is 28.4 Å². The van der Waals surface area contributed by atoms with Crippen molar-refractivity contribution in [2.75, 3.05) is 10.2 Å². The fourth-order valence-corrected chi connectivity index (χ4v) is 9.53. The fourth-order valence-electron chi connectivity index (χ4n) is 9.26. The van der Waals surface area contributed by atoms with Gasteiger partial charge in [0, 0.05) is 39.3 Å². The van der Waals surface area contributed by atoms with Crippen LogP contribution in [0.3, 0.4) is 0 Å². The van der Waals surface area contributed by atoms with Crippen molar-refractivity contribution < 1.29 is 0 Å². The van der Waals surface area contributed by atoms with Gasteiger partial charge in [0.2, 0.25) is 6.71 Å². The van der Waals surface area contributed by atoms with Gasteiger partial charge in [-0.15, -0.1) is 0 Å². The molecule has 0 amide bonds. The highest BCUT2D eigenvalue weighted by molar-refractivity contribution is 6.99. The first-order valence-corrected chi connectivity index (χ1v) is 21.7. The van der Waals surface area contributed by atoms with E-state index in [1.54, 1.807) is 0 Å². The highest BCUT2D eigenvalue weighted by atomic mass is 35.5. The molecule has 6 aromatic rings. The topological polar surface area (TPSA) is 15.3 Å². The zero-order chi connectivity index (χ0) is 42.0. The second kappa shape index (κ2) is 15.4. The molecule has 1 aliphatic heterocycles. The molecule has 8 rings (SSSR count). The van der Waals surface area contributed by atoms with E-state index in [2.05, 4.69) is 220 Å². The van der Waals surface area contributed by atoms with Crippen LogP contribution in [-0.2, 0) is 10.8 Å². The van der Waals surface area contributed by atoms with Crippen LogP contribution >= 0.6 is 11.6 Å². The van der Waals surface area contributed by atoms with E-state index < -0.39 is 0 Å². The molecule has 1 aliphatic carbocycles. The Balaban J connectivity index is 1.43. The summed E-state index contributed by atoms with van der Waals surface area (Å²) in [6.45, 7) is 25.0. The van der Waals surface area contributed by atoms with Gasteiger partial charge in [-0.1, -0.05) is 168 Å². The summed E-state index contributed by atoms with van der Waals surface area (Å²) < 4.78 is 0. The van der Waals surface area contributed by atoms with Gasteiger partial charge in [-0.2, -0.15) is 0 Å². The molecule has 0 saturated heterocycles. The number of fused-ring (bicyclic) bond motifs is 2. The molecular weight excluding hydrogens is 735 g/mol. The molecule has 4 heteroatoms. The Bertz CT molecular complexity index is 2650. The molecule has 0 saturated carbocycles. The van der Waals surface area contributed by atoms with Crippen molar-refractivity contribution in [1.29, 1.82) is 0 Å². The van der Waals surface area contributed by atoms with E-state index in [-0.39, 0.29) is 23.5 Å². The number of benzene rings is 6. The summed E-state index contributed by atoms with van der Waals surface area (Å²) in [7, 11) is 0. The normalized spacial score (nSPS) is 16.3. The van der Waals surface area contributed by atoms with Crippen molar-refractivity contribution in [3.63, 3.8) is 0 Å². The van der Waals surface area contributed by atoms with Crippen LogP contribution in [0, 0.1) is 33.6 Å². The van der Waals surface area contributed by atoms with Gasteiger partial charge in [-0.05, 0) is 131 Å². The van der Waals surface area contributed by atoms with Gasteiger partial charge in [-0.25, -0.2) is 0 Å². The minimum Gasteiger partial charge on any atom is -0.356 e. The molecule has 1 heterocycles. The monoisotopic (exact) mass is 792 g/mol. The van der Waals surface area contributed by atoms with E-state index in [1.807, 2.05) is 0 Å². The SMILES string of the molecule is Cc1ccc(N2c3ccc(C(C)(C)C)cc3B(c3cc(C(C)(C)C)ccc3Nc3ccc(C)cc3C3C=CC=CC3C)c3c(C)cc(Cl)cc32)c(-c2ccccc2C)c1. The van der Waals surface area contributed by atoms with Crippen molar-refractivity contribution in [3.05, 3.63) is 177 Å². The van der Waals surface area contributed by atoms with Crippen LogP contribution in [0.5, 0.6) is 0 Å². The van der Waals surface area contributed by atoms with Gasteiger partial charge in [0.1, 0.15) is 0 Å². The van der Waals surface area contributed by atoms with Gasteiger partial charge in [0.15, 0.2) is 0 Å². The molecule has 0 radical (unpaired) electrons. The third-order valence-corrected chi connectivity index (χ3v) is 12.8. The van der Waals surface area contributed by atoms with Crippen molar-refractivity contribution >= 4 is 63.1 Å². The number of anilines is 5. The quantitative estimate of drug-likeness (QED) is 0.169. The lowest BCUT2D eigenvalue weighted by Gasteiger charge is -2.40. The predicted octanol–water partition coefficient (Wildman–Crippen LogP) is 13.7. The van der Waals surface area contributed by atoms with Crippen molar-refractivity contribution in [3.8, 4) is 11.1 Å². The highest BCUT2D eigenvalue weighted by Crippen LogP contribution is 2.45. The molecule has 298 valence electrons. The summed E-state index contributed by atoms with van der Waals surface area (Å²) in [6, 6.07) is 41.2. The first kappa shape index (κ1) is 40.5. The van der Waals surface area contributed by atoms with Crippen LogP contribution < -0.4 is 26.6 Å². The van der Waals surface area contributed by atoms with Crippen LogP contribution in [0.1, 0.15) is 93.3 Å². The summed E-state index contributed by atoms with van der Waals surface area (Å²) in [6.07, 6.45) is 9.05. The standard InChI is InChI=1S/C55H58BClN2/c1-34-20-24-48(44(28-34)42-18-14-12-16-36(42)3)58-49-25-22-39(54(6,7)8)31-46(49)56-47-32-40(55(9,10)11)23-27-51(47)59(52-33-41(57)30-38(5)53(52)56)50-26-21-35(2)29-45(50)43-19-15-13-17-37(43)4/h12-33,36,42,58H,1-11H3. The molecule has 2 aliphatic rings. The molecule has 0 bridgehead atoms. The third-order valence-electron chi connectivity index (χ3n) is 12.6. The molecule has 0 fully saturated rings. The smallest absolute Gasteiger partial charge is 0.249 e. The molecule has 2 nitrogen and oxygen atoms in total. The van der Waals surface area contributed by atoms with E-state index in [0.29, 0.717) is 5.92 Å². The highest BCUT2D eigenvalue weighted by Gasteiger charge is 2.40. The number of nitrogens with one attached hydrogen (secondary N) is 1. The Labute approximate surface area is 359 Å². The van der Waals surface area contributed by atoms with Gasteiger partial charge in [0.25, 0.3) is 0 Å². The lowest BCUT2D eigenvalue weighted by molar-refractivity contribution is 0.590. The molecular formula is C55H58BClN2. The largest absolute Gasteiger partial charge is 0.356 e. The minimum absolute atomic E-state index is 0.0559. The maximum absolute atomic E-state index is 7.14. The Morgan fingerprint density at radius 1 is 0.576 bits per heavy atom. The summed E-state index contributed by atoms with van der Waals surface area (Å²) in [4.78, 5) is 2.50. The number of hydrogen-bond donors (Lipinski definition) is 1. The number of nitrogens with zero attached hydrogens (tertiary/aromatic N) is 1. The number of halogens is 1. The first-order chi connectivity index (χ1) is 28.0. The number of hydrogen-bond acceptors (Lipinski definition) is 2. The average molecular weight is 793 g/mol. The summed E-state index contributed by atoms with van der Waals surface area (Å²) >= 11 is 7.14. The number of allylic oxidation sites excluding steroid dienone is 4. The van der Waals surface area contributed by atoms with E-state index in [9.17, 15) is 0 Å². The lowest BCUT2D eigenvalue weighted by Crippen LogP contribution is -2.59. The third kappa shape index (κ3) is 7.71. The van der Waals surface area contributed by atoms with Crippen LogP contribution in [0.15, 0.2) is 133 Å². The molecule has 1 N–H and O–H groups in total. The van der Waals surface area contributed by atoms with E-state index in [4.69, 9.17) is 11.6 Å². The van der Waals surface area contributed by atoms with E-state index in [1.165, 1.54) is 72.1 Å². The zero-order valence-corrected chi connectivity index (χ0v) is 37.5. The molecule has 2 unspecified atom stereocenters. The van der Waals surface area contributed by atoms with Gasteiger partial charge < -0.3 is 10.2 Å². The van der Waals surface area contributed by atoms with Gasteiger partial charge in [0.05, 0.1) is 5.69 Å². The summed E-state index contributed by atoms with van der Waals surface area (Å²) in [5.74, 6) is 0.669. The lowest BCUT2D eigenvalue weighted by atomic mass is 9.33. The van der Waals surface area contributed by atoms with Crippen LogP contribution in [0.25, 0.3) is 11.1 Å². The number of rotatable bonds is 6. The van der Waals surface area contributed by atoms with Crippen molar-refractivity contribution in [1.82, 2.24) is 0 Å². The average Bonchev–Trinajstić information content (AvgIpc) is 3.17. The Kier molecular flexibility index (Phi) is 10.6.